The Kier molecular flexibility index (Phi) is 4.84. The van der Waals surface area contributed by atoms with Gasteiger partial charge in [0.25, 0.3) is 5.56 Å². The number of oxazole rings is 1. The molecular weight excluding hydrogens is 402 g/mol. The normalized spacial score (nSPS) is 13.2. The lowest BCUT2D eigenvalue weighted by atomic mass is 10.1. The van der Waals surface area contributed by atoms with Crippen LogP contribution in [0.3, 0.4) is 0 Å². The molecule has 0 aliphatic carbocycles. The average molecular weight is 421 g/mol. The van der Waals surface area contributed by atoms with E-state index in [-0.39, 0.29) is 12.1 Å². The first-order valence-electron chi connectivity index (χ1n) is 9.66. The average Bonchev–Trinajstić information content (AvgIpc) is 3.34. The maximum Gasteiger partial charge on any atom is 0.267 e. The second kappa shape index (κ2) is 7.79. The maximum atomic E-state index is 12.4. The van der Waals surface area contributed by atoms with Crippen molar-refractivity contribution in [3.63, 3.8) is 0 Å². The molecule has 0 N–H and O–H groups in total. The third-order valence-corrected chi connectivity index (χ3v) is 5.69. The Morgan fingerprint density at radius 2 is 1.97 bits per heavy atom. The number of hydrogen-bond donors (Lipinski definition) is 0. The van der Waals surface area contributed by atoms with Crippen molar-refractivity contribution in [2.24, 2.45) is 0 Å². The number of nitrogens with zero attached hydrogens (tertiary/aromatic N) is 3. The van der Waals surface area contributed by atoms with Crippen molar-refractivity contribution >= 4 is 11.3 Å². The van der Waals surface area contributed by atoms with E-state index < -0.39 is 0 Å². The number of rotatable bonds is 4. The van der Waals surface area contributed by atoms with Gasteiger partial charge in [0.2, 0.25) is 5.89 Å². The molecule has 5 rings (SSSR count). The van der Waals surface area contributed by atoms with Gasteiger partial charge in [-0.25, -0.2) is 9.67 Å². The number of benzene rings is 1. The van der Waals surface area contributed by atoms with Crippen molar-refractivity contribution in [3.8, 4) is 33.5 Å². The SMILES string of the molecule is Cc1oc(-c2cccs2)nc1Cn1nc(-c2ccc3c(c2)OCCCO3)ccc1=O. The van der Waals surface area contributed by atoms with Gasteiger partial charge in [-0.15, -0.1) is 11.3 Å². The summed E-state index contributed by atoms with van der Waals surface area (Å²) in [6, 6.07) is 12.8. The van der Waals surface area contributed by atoms with E-state index in [1.54, 1.807) is 17.4 Å². The van der Waals surface area contributed by atoms with Gasteiger partial charge in [0, 0.05) is 18.1 Å². The molecule has 30 heavy (non-hydrogen) atoms. The van der Waals surface area contributed by atoms with E-state index >= 15 is 0 Å². The Labute approximate surface area is 176 Å². The number of hydrogen-bond acceptors (Lipinski definition) is 7. The van der Waals surface area contributed by atoms with Crippen LogP contribution in [0.25, 0.3) is 22.0 Å². The Hall–Kier alpha value is -3.39. The molecule has 7 nitrogen and oxygen atoms in total. The zero-order valence-corrected chi connectivity index (χ0v) is 17.1. The lowest BCUT2D eigenvalue weighted by Crippen LogP contribution is -2.23. The standard InChI is InChI=1S/C22H19N3O4S/c1-14-17(23-22(29-14)20-4-2-11-30-20)13-25-21(26)8-6-16(24-25)15-5-7-18-19(12-15)28-10-3-9-27-18/h2,4-8,11-12H,3,9-10,13H2,1H3. The van der Waals surface area contributed by atoms with E-state index in [0.29, 0.717) is 42.0 Å². The quantitative estimate of drug-likeness (QED) is 0.493. The predicted octanol–water partition coefficient (Wildman–Crippen LogP) is 4.14. The molecule has 0 atom stereocenters. The number of thiophene rings is 1. The minimum Gasteiger partial charge on any atom is -0.490 e. The molecule has 8 heteroatoms. The van der Waals surface area contributed by atoms with Crippen LogP contribution >= 0.6 is 11.3 Å². The van der Waals surface area contributed by atoms with Gasteiger partial charge in [-0.05, 0) is 42.6 Å². The highest BCUT2D eigenvalue weighted by molar-refractivity contribution is 7.13. The summed E-state index contributed by atoms with van der Waals surface area (Å²) in [6.07, 6.45) is 0.845. The fraction of sp³-hybridized carbons (Fsp3) is 0.227. The van der Waals surface area contributed by atoms with Crippen molar-refractivity contribution < 1.29 is 13.9 Å². The van der Waals surface area contributed by atoms with Crippen LogP contribution in [0.2, 0.25) is 0 Å². The molecule has 0 bridgehead atoms. The summed E-state index contributed by atoms with van der Waals surface area (Å²) in [5.41, 5.74) is 2.01. The molecule has 0 spiro atoms. The molecule has 3 aromatic heterocycles. The molecule has 0 amide bonds. The van der Waals surface area contributed by atoms with E-state index in [0.717, 1.165) is 22.6 Å². The summed E-state index contributed by atoms with van der Waals surface area (Å²) in [6.45, 7) is 3.33. The molecule has 4 aromatic rings. The topological polar surface area (TPSA) is 79.4 Å². The van der Waals surface area contributed by atoms with E-state index in [4.69, 9.17) is 13.9 Å². The zero-order valence-electron chi connectivity index (χ0n) is 16.3. The summed E-state index contributed by atoms with van der Waals surface area (Å²) < 4.78 is 18.7. The third-order valence-electron chi connectivity index (χ3n) is 4.83. The van der Waals surface area contributed by atoms with Gasteiger partial charge >= 0.3 is 0 Å². The zero-order chi connectivity index (χ0) is 20.5. The smallest absolute Gasteiger partial charge is 0.267 e. The number of ether oxygens (including phenoxy) is 2. The van der Waals surface area contributed by atoms with Crippen LogP contribution in [0.4, 0.5) is 0 Å². The largest absolute Gasteiger partial charge is 0.490 e. The van der Waals surface area contributed by atoms with E-state index in [9.17, 15) is 4.79 Å². The molecule has 0 unspecified atom stereocenters. The summed E-state index contributed by atoms with van der Waals surface area (Å²) >= 11 is 1.56. The monoisotopic (exact) mass is 421 g/mol. The molecule has 0 fully saturated rings. The van der Waals surface area contributed by atoms with Crippen LogP contribution in [0, 0.1) is 6.92 Å². The van der Waals surface area contributed by atoms with E-state index in [1.807, 2.05) is 42.6 Å². The number of aryl methyl sites for hydroxylation is 1. The first-order chi connectivity index (χ1) is 14.7. The Bertz CT molecular complexity index is 1240. The Morgan fingerprint density at radius 3 is 2.80 bits per heavy atom. The Morgan fingerprint density at radius 1 is 1.10 bits per heavy atom. The molecule has 152 valence electrons. The van der Waals surface area contributed by atoms with Gasteiger partial charge in [0.05, 0.1) is 30.3 Å². The van der Waals surface area contributed by atoms with Crippen molar-refractivity contribution in [1.82, 2.24) is 14.8 Å². The van der Waals surface area contributed by atoms with Crippen LogP contribution in [0.5, 0.6) is 11.5 Å². The van der Waals surface area contributed by atoms with Crippen molar-refractivity contribution in [2.75, 3.05) is 13.2 Å². The van der Waals surface area contributed by atoms with E-state index in [2.05, 4.69) is 10.1 Å². The minimum absolute atomic E-state index is 0.201. The highest BCUT2D eigenvalue weighted by atomic mass is 32.1. The van der Waals surface area contributed by atoms with Crippen LogP contribution in [-0.4, -0.2) is 28.0 Å². The molecule has 1 aromatic carbocycles. The number of aromatic nitrogens is 3. The highest BCUT2D eigenvalue weighted by Crippen LogP contribution is 2.33. The molecule has 0 saturated carbocycles. The van der Waals surface area contributed by atoms with Crippen molar-refractivity contribution in [2.45, 2.75) is 19.9 Å². The van der Waals surface area contributed by atoms with Crippen LogP contribution in [-0.2, 0) is 6.54 Å². The molecule has 4 heterocycles. The first-order valence-corrected chi connectivity index (χ1v) is 10.5. The molecule has 0 saturated heterocycles. The fourth-order valence-electron chi connectivity index (χ4n) is 3.26. The second-order valence-corrected chi connectivity index (χ2v) is 7.87. The fourth-order valence-corrected chi connectivity index (χ4v) is 3.91. The van der Waals surface area contributed by atoms with E-state index in [1.165, 1.54) is 10.7 Å². The van der Waals surface area contributed by atoms with Gasteiger partial charge in [0.15, 0.2) is 11.5 Å². The van der Waals surface area contributed by atoms with Gasteiger partial charge in [-0.2, -0.15) is 5.10 Å². The maximum absolute atomic E-state index is 12.4. The van der Waals surface area contributed by atoms with Crippen molar-refractivity contribution in [1.29, 1.82) is 0 Å². The summed E-state index contributed by atoms with van der Waals surface area (Å²) in [7, 11) is 0. The van der Waals surface area contributed by atoms with Gasteiger partial charge in [-0.3, -0.25) is 4.79 Å². The van der Waals surface area contributed by atoms with Gasteiger partial charge in [-0.1, -0.05) is 6.07 Å². The van der Waals surface area contributed by atoms with Crippen LogP contribution in [0.15, 0.2) is 57.1 Å². The van der Waals surface area contributed by atoms with Crippen molar-refractivity contribution in [3.05, 3.63) is 69.7 Å². The third kappa shape index (κ3) is 3.61. The lowest BCUT2D eigenvalue weighted by molar-refractivity contribution is 0.297. The van der Waals surface area contributed by atoms with Crippen LogP contribution < -0.4 is 15.0 Å². The lowest BCUT2D eigenvalue weighted by Gasteiger charge is -2.10. The van der Waals surface area contributed by atoms with Gasteiger partial charge in [0.1, 0.15) is 11.5 Å². The summed E-state index contributed by atoms with van der Waals surface area (Å²) in [4.78, 5) is 17.9. The molecule has 0 radical (unpaired) electrons. The molecular formula is C22H19N3O4S. The Balaban J connectivity index is 1.46. The first kappa shape index (κ1) is 18.6. The second-order valence-electron chi connectivity index (χ2n) is 6.93. The molecule has 1 aliphatic heterocycles. The minimum atomic E-state index is -0.201. The highest BCUT2D eigenvalue weighted by Gasteiger charge is 2.16. The number of fused-ring (bicyclic) bond motifs is 1. The summed E-state index contributed by atoms with van der Waals surface area (Å²) in [5.74, 6) is 2.65. The predicted molar refractivity (Wildman–Crippen MR) is 113 cm³/mol. The van der Waals surface area contributed by atoms with Gasteiger partial charge < -0.3 is 13.9 Å². The van der Waals surface area contributed by atoms with Crippen LogP contribution in [0.1, 0.15) is 17.9 Å². The molecule has 1 aliphatic rings. The summed E-state index contributed by atoms with van der Waals surface area (Å²) in [5, 5.41) is 6.52.